The van der Waals surface area contributed by atoms with Crippen LogP contribution in [0.2, 0.25) is 0 Å². The molecule has 0 aliphatic heterocycles. The van der Waals surface area contributed by atoms with Gasteiger partial charge in [-0.15, -0.1) is 6.58 Å². The summed E-state index contributed by atoms with van der Waals surface area (Å²) in [6.07, 6.45) is 6.21. The molecule has 0 aromatic heterocycles. The van der Waals surface area contributed by atoms with E-state index in [0.717, 1.165) is 12.8 Å². The predicted octanol–water partition coefficient (Wildman–Crippen LogP) is 2.26. The summed E-state index contributed by atoms with van der Waals surface area (Å²) in [5.41, 5.74) is 0. The van der Waals surface area contributed by atoms with Gasteiger partial charge in [0, 0.05) is 11.3 Å². The first kappa shape index (κ1) is 9.23. The van der Waals surface area contributed by atoms with Crippen molar-refractivity contribution in [2.24, 2.45) is 11.8 Å². The van der Waals surface area contributed by atoms with E-state index in [1.807, 2.05) is 6.08 Å². The smallest absolute Gasteiger partial charge is 0.204 e. The zero-order valence-corrected chi connectivity index (χ0v) is 7.24. The number of hydrogen-bond acceptors (Lipinski definition) is 2. The van der Waals surface area contributed by atoms with Crippen molar-refractivity contribution in [3.05, 3.63) is 22.8 Å². The summed E-state index contributed by atoms with van der Waals surface area (Å²) in [5.74, 6) is 1.05. The van der Waals surface area contributed by atoms with Crippen LogP contribution >= 0.6 is 0 Å². The summed E-state index contributed by atoms with van der Waals surface area (Å²) < 4.78 is 0. The molecule has 12 heavy (non-hydrogen) atoms. The van der Waals surface area contributed by atoms with Crippen LogP contribution in [0.15, 0.2) is 12.7 Å². The first-order valence-corrected chi connectivity index (χ1v) is 4.48. The lowest BCUT2D eigenvalue weighted by Crippen LogP contribution is -2.11. The van der Waals surface area contributed by atoms with Crippen LogP contribution in [0.5, 0.6) is 0 Å². The van der Waals surface area contributed by atoms with Crippen LogP contribution in [-0.4, -0.2) is 11.5 Å². The van der Waals surface area contributed by atoms with Gasteiger partial charge in [0.2, 0.25) is 6.54 Å². The highest BCUT2D eigenvalue weighted by atomic mass is 16.6. The lowest BCUT2D eigenvalue weighted by molar-refractivity contribution is -0.481. The highest BCUT2D eigenvalue weighted by Crippen LogP contribution is 2.34. The quantitative estimate of drug-likeness (QED) is 0.368. The van der Waals surface area contributed by atoms with Gasteiger partial charge >= 0.3 is 0 Å². The largest absolute Gasteiger partial charge is 0.265 e. The fourth-order valence-electron chi connectivity index (χ4n) is 2.01. The van der Waals surface area contributed by atoms with Gasteiger partial charge < -0.3 is 0 Å². The Labute approximate surface area is 72.6 Å². The van der Waals surface area contributed by atoms with Crippen molar-refractivity contribution in [3.63, 3.8) is 0 Å². The molecular formula is C9H15NO2. The minimum Gasteiger partial charge on any atom is -0.265 e. The van der Waals surface area contributed by atoms with Crippen molar-refractivity contribution in [1.29, 1.82) is 0 Å². The molecule has 0 bridgehead atoms. The van der Waals surface area contributed by atoms with Gasteiger partial charge in [-0.25, -0.2) is 0 Å². The van der Waals surface area contributed by atoms with Gasteiger partial charge in [-0.1, -0.05) is 12.5 Å². The third-order valence-electron chi connectivity index (χ3n) is 2.70. The number of nitrogens with zero attached hydrogens (tertiary/aromatic N) is 1. The molecule has 0 aromatic rings. The SMILES string of the molecule is C=C[C@H]1CCC[C@H]1CC[N+](=O)[O-]. The van der Waals surface area contributed by atoms with E-state index in [0.29, 0.717) is 11.8 Å². The zero-order chi connectivity index (χ0) is 8.97. The van der Waals surface area contributed by atoms with E-state index < -0.39 is 0 Å². The molecule has 2 atom stereocenters. The summed E-state index contributed by atoms with van der Waals surface area (Å²) >= 11 is 0. The van der Waals surface area contributed by atoms with E-state index in [-0.39, 0.29) is 11.5 Å². The van der Waals surface area contributed by atoms with Gasteiger partial charge in [0.1, 0.15) is 0 Å². The average Bonchev–Trinajstić information content (AvgIpc) is 2.47. The Kier molecular flexibility index (Phi) is 3.26. The maximum atomic E-state index is 10.1. The van der Waals surface area contributed by atoms with E-state index in [1.165, 1.54) is 12.8 Å². The maximum absolute atomic E-state index is 10.1. The molecule has 0 N–H and O–H groups in total. The third kappa shape index (κ3) is 2.32. The molecule has 68 valence electrons. The molecule has 0 spiro atoms. The molecule has 3 heteroatoms. The number of rotatable bonds is 4. The summed E-state index contributed by atoms with van der Waals surface area (Å²) in [6, 6.07) is 0. The third-order valence-corrected chi connectivity index (χ3v) is 2.70. The van der Waals surface area contributed by atoms with E-state index in [2.05, 4.69) is 6.58 Å². The minimum atomic E-state index is -0.224. The van der Waals surface area contributed by atoms with Crippen LogP contribution in [0.25, 0.3) is 0 Å². The van der Waals surface area contributed by atoms with Crippen molar-refractivity contribution in [1.82, 2.24) is 0 Å². The van der Waals surface area contributed by atoms with E-state index in [4.69, 9.17) is 0 Å². The fourth-order valence-corrected chi connectivity index (χ4v) is 2.01. The van der Waals surface area contributed by atoms with Crippen LogP contribution in [0, 0.1) is 22.0 Å². The van der Waals surface area contributed by atoms with Gasteiger partial charge in [0.05, 0.1) is 0 Å². The number of hydrogen-bond donors (Lipinski definition) is 0. The normalized spacial score (nSPS) is 28.7. The molecule has 0 unspecified atom stereocenters. The van der Waals surface area contributed by atoms with Crippen LogP contribution < -0.4 is 0 Å². The first-order valence-electron chi connectivity index (χ1n) is 4.48. The Bertz CT molecular complexity index is 179. The molecule has 1 fully saturated rings. The van der Waals surface area contributed by atoms with E-state index in [1.54, 1.807) is 0 Å². The second-order valence-electron chi connectivity index (χ2n) is 3.44. The van der Waals surface area contributed by atoms with E-state index >= 15 is 0 Å². The highest BCUT2D eigenvalue weighted by molar-refractivity contribution is 4.88. The number of allylic oxidation sites excluding steroid dienone is 1. The van der Waals surface area contributed by atoms with Gasteiger partial charge in [-0.2, -0.15) is 0 Å². The van der Waals surface area contributed by atoms with Crippen LogP contribution in [0.4, 0.5) is 0 Å². The van der Waals surface area contributed by atoms with Crippen LogP contribution in [-0.2, 0) is 0 Å². The molecular weight excluding hydrogens is 154 g/mol. The Balaban J connectivity index is 2.30. The first-order chi connectivity index (χ1) is 5.74. The van der Waals surface area contributed by atoms with Crippen molar-refractivity contribution in [2.75, 3.05) is 6.54 Å². The zero-order valence-electron chi connectivity index (χ0n) is 7.24. The predicted molar refractivity (Wildman–Crippen MR) is 47.5 cm³/mol. The average molecular weight is 169 g/mol. The lowest BCUT2D eigenvalue weighted by atomic mass is 9.93. The summed E-state index contributed by atoms with van der Waals surface area (Å²) in [5, 5.41) is 10.1. The summed E-state index contributed by atoms with van der Waals surface area (Å²) in [4.78, 5) is 9.91. The summed E-state index contributed by atoms with van der Waals surface area (Å²) in [7, 11) is 0. The molecule has 0 heterocycles. The monoisotopic (exact) mass is 169 g/mol. The Morgan fingerprint density at radius 3 is 2.92 bits per heavy atom. The number of nitro groups is 1. The van der Waals surface area contributed by atoms with E-state index in [9.17, 15) is 10.1 Å². The fraction of sp³-hybridized carbons (Fsp3) is 0.778. The maximum Gasteiger partial charge on any atom is 0.204 e. The van der Waals surface area contributed by atoms with Crippen LogP contribution in [0.1, 0.15) is 25.7 Å². The lowest BCUT2D eigenvalue weighted by Gasteiger charge is -2.12. The Morgan fingerprint density at radius 2 is 2.33 bits per heavy atom. The highest BCUT2D eigenvalue weighted by Gasteiger charge is 2.25. The second kappa shape index (κ2) is 4.24. The molecule has 1 aliphatic rings. The topological polar surface area (TPSA) is 43.1 Å². The van der Waals surface area contributed by atoms with Gasteiger partial charge in [-0.05, 0) is 24.7 Å². The standard InChI is InChI=1S/C9H15NO2/c1-2-8-4-3-5-9(8)6-7-10(11)12/h2,8-9H,1,3-7H2/t8-,9-/m0/s1. The Hall–Kier alpha value is -0.860. The molecule has 0 aromatic carbocycles. The molecule has 1 saturated carbocycles. The minimum absolute atomic E-state index is 0.120. The molecule has 3 nitrogen and oxygen atoms in total. The van der Waals surface area contributed by atoms with Crippen molar-refractivity contribution >= 4 is 0 Å². The van der Waals surface area contributed by atoms with Crippen molar-refractivity contribution in [2.45, 2.75) is 25.7 Å². The molecule has 1 aliphatic carbocycles. The van der Waals surface area contributed by atoms with Gasteiger partial charge in [-0.3, -0.25) is 10.1 Å². The second-order valence-corrected chi connectivity index (χ2v) is 3.44. The molecule has 0 radical (unpaired) electrons. The Morgan fingerprint density at radius 1 is 1.58 bits per heavy atom. The van der Waals surface area contributed by atoms with Crippen LogP contribution in [0.3, 0.4) is 0 Å². The van der Waals surface area contributed by atoms with Gasteiger partial charge in [0.25, 0.3) is 0 Å². The molecule has 1 rings (SSSR count). The van der Waals surface area contributed by atoms with Gasteiger partial charge in [0.15, 0.2) is 0 Å². The molecule has 0 saturated heterocycles. The van der Waals surface area contributed by atoms with Crippen molar-refractivity contribution in [3.8, 4) is 0 Å². The molecule has 0 amide bonds. The summed E-state index contributed by atoms with van der Waals surface area (Å²) in [6.45, 7) is 3.87. The van der Waals surface area contributed by atoms with Crippen molar-refractivity contribution < 1.29 is 4.92 Å².